The van der Waals surface area contributed by atoms with Crippen LogP contribution in [0.4, 0.5) is 8.78 Å². The van der Waals surface area contributed by atoms with E-state index in [-0.39, 0.29) is 12.5 Å². The third kappa shape index (κ3) is 2.25. The van der Waals surface area contributed by atoms with E-state index in [9.17, 15) is 8.78 Å². The van der Waals surface area contributed by atoms with E-state index in [0.717, 1.165) is 12.1 Å². The molecule has 0 aliphatic heterocycles. The Morgan fingerprint density at radius 1 is 1.38 bits per heavy atom. The van der Waals surface area contributed by atoms with Gasteiger partial charge in [0.15, 0.2) is 11.6 Å². The number of halogens is 3. The molecule has 0 aliphatic carbocycles. The maximum absolute atomic E-state index is 12.8. The Balaban J connectivity index is 3.15. The summed E-state index contributed by atoms with van der Waals surface area (Å²) in [5.74, 6) is -1.98. The lowest BCUT2D eigenvalue weighted by molar-refractivity contribution is 0.272. The molecule has 1 nitrogen and oxygen atoms in total. The Labute approximate surface area is 83.5 Å². The summed E-state index contributed by atoms with van der Waals surface area (Å²) in [5, 5.41) is 8.84. The summed E-state index contributed by atoms with van der Waals surface area (Å²) in [6, 6.07) is 2.16. The van der Waals surface area contributed by atoms with Crippen LogP contribution in [0.1, 0.15) is 18.4 Å². The highest BCUT2D eigenvalue weighted by atomic mass is 79.9. The van der Waals surface area contributed by atoms with Crippen molar-refractivity contribution in [2.24, 2.45) is 0 Å². The Morgan fingerprint density at radius 3 is 2.46 bits per heavy atom. The third-order valence-corrected chi connectivity index (χ3v) is 2.53. The Kier molecular flexibility index (Phi) is 3.39. The second kappa shape index (κ2) is 4.15. The van der Waals surface area contributed by atoms with Gasteiger partial charge in [-0.25, -0.2) is 8.78 Å². The highest BCUT2D eigenvalue weighted by Crippen LogP contribution is 2.26. The number of benzene rings is 1. The molecule has 1 N–H and O–H groups in total. The molecule has 0 saturated carbocycles. The van der Waals surface area contributed by atoms with Gasteiger partial charge in [-0.3, -0.25) is 0 Å². The van der Waals surface area contributed by atoms with Crippen LogP contribution < -0.4 is 0 Å². The fourth-order valence-corrected chi connectivity index (χ4v) is 1.72. The van der Waals surface area contributed by atoms with Crippen LogP contribution in [-0.4, -0.2) is 11.7 Å². The zero-order chi connectivity index (χ0) is 10.0. The molecular formula is C9H9BrF2O. The first kappa shape index (κ1) is 10.6. The summed E-state index contributed by atoms with van der Waals surface area (Å²) < 4.78 is 25.9. The van der Waals surface area contributed by atoms with Crippen molar-refractivity contribution in [2.75, 3.05) is 6.61 Å². The lowest BCUT2D eigenvalue weighted by Gasteiger charge is -2.10. The molecule has 1 rings (SSSR count). The molecule has 1 unspecified atom stereocenters. The highest BCUT2D eigenvalue weighted by molar-refractivity contribution is 9.10. The molecular weight excluding hydrogens is 242 g/mol. The van der Waals surface area contributed by atoms with Crippen molar-refractivity contribution in [1.82, 2.24) is 0 Å². The van der Waals surface area contributed by atoms with Crippen molar-refractivity contribution < 1.29 is 13.9 Å². The van der Waals surface area contributed by atoms with E-state index in [4.69, 9.17) is 5.11 Å². The van der Waals surface area contributed by atoms with Crippen LogP contribution in [0.3, 0.4) is 0 Å². The SMILES string of the molecule is CC(CO)c1cc(F)c(F)cc1Br. The van der Waals surface area contributed by atoms with Gasteiger partial charge in [-0.15, -0.1) is 0 Å². The largest absolute Gasteiger partial charge is 0.396 e. The standard InChI is InChI=1S/C9H9BrF2O/c1-5(4-13)6-2-8(11)9(12)3-7(6)10/h2-3,5,13H,4H2,1H3. The number of aliphatic hydroxyl groups excluding tert-OH is 1. The molecule has 0 saturated heterocycles. The van der Waals surface area contributed by atoms with Crippen LogP contribution in [0.2, 0.25) is 0 Å². The quantitative estimate of drug-likeness (QED) is 0.801. The van der Waals surface area contributed by atoms with E-state index in [1.165, 1.54) is 0 Å². The van der Waals surface area contributed by atoms with Gasteiger partial charge in [0.05, 0.1) is 0 Å². The summed E-state index contributed by atoms with van der Waals surface area (Å²) in [6.07, 6.45) is 0. The zero-order valence-corrected chi connectivity index (χ0v) is 8.61. The van der Waals surface area contributed by atoms with Crippen molar-refractivity contribution in [1.29, 1.82) is 0 Å². The van der Waals surface area contributed by atoms with Crippen molar-refractivity contribution in [2.45, 2.75) is 12.8 Å². The van der Waals surface area contributed by atoms with E-state index in [1.807, 2.05) is 0 Å². The predicted octanol–water partition coefficient (Wildman–Crippen LogP) is 2.82. The Morgan fingerprint density at radius 2 is 1.92 bits per heavy atom. The molecule has 0 amide bonds. The lowest BCUT2D eigenvalue weighted by Crippen LogP contribution is -2.01. The molecule has 1 atom stereocenters. The molecule has 4 heteroatoms. The van der Waals surface area contributed by atoms with E-state index < -0.39 is 11.6 Å². The molecule has 72 valence electrons. The normalized spacial score (nSPS) is 13.0. The van der Waals surface area contributed by atoms with Crippen molar-refractivity contribution in [3.63, 3.8) is 0 Å². The molecule has 0 aromatic heterocycles. The van der Waals surface area contributed by atoms with Crippen molar-refractivity contribution in [3.05, 3.63) is 33.8 Å². The fourth-order valence-electron chi connectivity index (χ4n) is 1.01. The molecule has 0 aliphatic rings. The second-order valence-corrected chi connectivity index (χ2v) is 3.73. The van der Waals surface area contributed by atoms with Gasteiger partial charge in [0.25, 0.3) is 0 Å². The first-order chi connectivity index (χ1) is 6.06. The smallest absolute Gasteiger partial charge is 0.159 e. The molecule has 1 aromatic carbocycles. The first-order valence-electron chi connectivity index (χ1n) is 3.81. The van der Waals surface area contributed by atoms with Crippen molar-refractivity contribution in [3.8, 4) is 0 Å². The molecule has 0 fully saturated rings. The lowest BCUT2D eigenvalue weighted by atomic mass is 10.0. The zero-order valence-electron chi connectivity index (χ0n) is 7.02. The minimum absolute atomic E-state index is 0.0936. The maximum atomic E-state index is 12.8. The van der Waals surface area contributed by atoms with Crippen LogP contribution >= 0.6 is 15.9 Å². The van der Waals surface area contributed by atoms with Crippen LogP contribution in [0, 0.1) is 11.6 Å². The van der Waals surface area contributed by atoms with Crippen LogP contribution in [-0.2, 0) is 0 Å². The van der Waals surface area contributed by atoms with Crippen LogP contribution in [0.5, 0.6) is 0 Å². The van der Waals surface area contributed by atoms with Gasteiger partial charge in [0.1, 0.15) is 0 Å². The number of hydrogen-bond donors (Lipinski definition) is 1. The minimum Gasteiger partial charge on any atom is -0.396 e. The molecule has 0 heterocycles. The Bertz CT molecular complexity index is 315. The molecule has 13 heavy (non-hydrogen) atoms. The molecule has 0 radical (unpaired) electrons. The third-order valence-electron chi connectivity index (χ3n) is 1.84. The molecule has 1 aromatic rings. The summed E-state index contributed by atoms with van der Waals surface area (Å²) in [7, 11) is 0. The van der Waals surface area contributed by atoms with Gasteiger partial charge in [-0.05, 0) is 17.7 Å². The van der Waals surface area contributed by atoms with Gasteiger partial charge in [0, 0.05) is 17.0 Å². The predicted molar refractivity (Wildman–Crippen MR) is 49.6 cm³/mol. The van der Waals surface area contributed by atoms with Gasteiger partial charge < -0.3 is 5.11 Å². The number of hydrogen-bond acceptors (Lipinski definition) is 1. The van der Waals surface area contributed by atoms with E-state index in [1.54, 1.807) is 6.92 Å². The fraction of sp³-hybridized carbons (Fsp3) is 0.333. The first-order valence-corrected chi connectivity index (χ1v) is 4.61. The molecule has 0 bridgehead atoms. The molecule has 0 spiro atoms. The van der Waals surface area contributed by atoms with Gasteiger partial charge in [-0.1, -0.05) is 22.9 Å². The van der Waals surface area contributed by atoms with Crippen LogP contribution in [0.25, 0.3) is 0 Å². The van der Waals surface area contributed by atoms with Gasteiger partial charge in [0.2, 0.25) is 0 Å². The monoisotopic (exact) mass is 250 g/mol. The van der Waals surface area contributed by atoms with Gasteiger partial charge in [-0.2, -0.15) is 0 Å². The van der Waals surface area contributed by atoms with Crippen LogP contribution in [0.15, 0.2) is 16.6 Å². The Hall–Kier alpha value is -0.480. The van der Waals surface area contributed by atoms with Gasteiger partial charge >= 0.3 is 0 Å². The average molecular weight is 251 g/mol. The van der Waals surface area contributed by atoms with E-state index >= 15 is 0 Å². The maximum Gasteiger partial charge on any atom is 0.159 e. The summed E-state index contributed by atoms with van der Waals surface area (Å²) in [5.41, 5.74) is 0.571. The topological polar surface area (TPSA) is 20.2 Å². The minimum atomic E-state index is -0.890. The second-order valence-electron chi connectivity index (χ2n) is 2.87. The number of aliphatic hydroxyl groups is 1. The van der Waals surface area contributed by atoms with Crippen molar-refractivity contribution >= 4 is 15.9 Å². The highest BCUT2D eigenvalue weighted by Gasteiger charge is 2.12. The summed E-state index contributed by atoms with van der Waals surface area (Å²) in [4.78, 5) is 0. The number of rotatable bonds is 2. The summed E-state index contributed by atoms with van der Waals surface area (Å²) in [6.45, 7) is 1.64. The van der Waals surface area contributed by atoms with E-state index in [0.29, 0.717) is 10.0 Å². The van der Waals surface area contributed by atoms with E-state index in [2.05, 4.69) is 15.9 Å². The average Bonchev–Trinajstić information content (AvgIpc) is 2.10. The summed E-state index contributed by atoms with van der Waals surface area (Å²) >= 11 is 3.10.